The van der Waals surface area contributed by atoms with Crippen LogP contribution in [0.5, 0.6) is 11.5 Å². The number of halogens is 1. The van der Waals surface area contributed by atoms with Crippen molar-refractivity contribution in [3.05, 3.63) is 17.7 Å². The average molecular weight is 436 g/mol. The number of likely N-dealkylation sites (tertiary alicyclic amines) is 1. The van der Waals surface area contributed by atoms with Crippen molar-refractivity contribution in [1.29, 1.82) is 0 Å². The van der Waals surface area contributed by atoms with Gasteiger partial charge in [-0.2, -0.15) is 0 Å². The van der Waals surface area contributed by atoms with Gasteiger partial charge in [0.25, 0.3) is 5.91 Å². The number of hydrogen-bond donors (Lipinski definition) is 2. The number of ether oxygens (including phenoxy) is 2. The summed E-state index contributed by atoms with van der Waals surface area (Å²) in [4.78, 5) is 14.7. The number of sulfonamides is 1. The molecule has 0 aliphatic carbocycles. The molecule has 1 aromatic carbocycles. The Morgan fingerprint density at radius 2 is 1.86 bits per heavy atom. The molecule has 2 rings (SSSR count). The van der Waals surface area contributed by atoms with Crippen LogP contribution < -0.4 is 19.5 Å². The van der Waals surface area contributed by atoms with Crippen LogP contribution in [-0.2, 0) is 10.0 Å². The summed E-state index contributed by atoms with van der Waals surface area (Å²) in [6.45, 7) is 5.35. The monoisotopic (exact) mass is 435 g/mol. The predicted octanol–water partition coefficient (Wildman–Crippen LogP) is 1.96. The van der Waals surface area contributed by atoms with Gasteiger partial charge in [0.2, 0.25) is 10.0 Å². The summed E-state index contributed by atoms with van der Waals surface area (Å²) in [5.74, 6) is 0.969. The highest BCUT2D eigenvalue weighted by atomic mass is 35.5. The van der Waals surface area contributed by atoms with E-state index in [0.29, 0.717) is 30.3 Å². The highest BCUT2D eigenvalue weighted by Crippen LogP contribution is 2.37. The van der Waals surface area contributed by atoms with Crippen LogP contribution in [-0.4, -0.2) is 65.9 Å². The first-order chi connectivity index (χ1) is 12.8. The van der Waals surface area contributed by atoms with Crippen LogP contribution in [0.15, 0.2) is 12.1 Å². The summed E-state index contributed by atoms with van der Waals surface area (Å²) in [7, 11) is -0.670. The van der Waals surface area contributed by atoms with Crippen molar-refractivity contribution in [2.24, 2.45) is 5.92 Å². The molecule has 1 aliphatic rings. The molecule has 0 bridgehead atoms. The summed E-state index contributed by atoms with van der Waals surface area (Å²) in [6, 6.07) is 3.08. The fourth-order valence-electron chi connectivity index (χ4n) is 3.23. The maximum atomic E-state index is 12.9. The van der Waals surface area contributed by atoms with E-state index in [1.807, 2.05) is 0 Å². The van der Waals surface area contributed by atoms with E-state index in [9.17, 15) is 13.2 Å². The van der Waals surface area contributed by atoms with E-state index in [1.54, 1.807) is 11.0 Å². The molecule has 1 fully saturated rings. The van der Waals surface area contributed by atoms with E-state index in [0.717, 1.165) is 32.2 Å². The molecule has 0 unspecified atom stereocenters. The third-order valence-corrected chi connectivity index (χ3v) is 5.20. The number of piperidine rings is 1. The van der Waals surface area contributed by atoms with Crippen LogP contribution in [0.4, 0.5) is 5.69 Å². The topological polar surface area (TPSA) is 97.0 Å². The van der Waals surface area contributed by atoms with E-state index >= 15 is 0 Å². The lowest BCUT2D eigenvalue weighted by Gasteiger charge is -2.32. The first-order valence-electron chi connectivity index (χ1n) is 9.02. The second kappa shape index (κ2) is 10.7. The molecule has 0 atom stereocenters. The Morgan fingerprint density at radius 3 is 2.36 bits per heavy atom. The molecule has 1 saturated heterocycles. The number of carbonyl (C=O) groups is 1. The Labute approximate surface area is 173 Å². The summed E-state index contributed by atoms with van der Waals surface area (Å²) < 4.78 is 36.3. The molecule has 1 aliphatic heterocycles. The summed E-state index contributed by atoms with van der Waals surface area (Å²) in [6.07, 6.45) is 2.93. The van der Waals surface area contributed by atoms with Gasteiger partial charge in [-0.15, -0.1) is 12.4 Å². The van der Waals surface area contributed by atoms with Gasteiger partial charge < -0.3 is 19.7 Å². The van der Waals surface area contributed by atoms with Crippen LogP contribution in [0.2, 0.25) is 0 Å². The van der Waals surface area contributed by atoms with Crippen LogP contribution in [0, 0.1) is 5.92 Å². The normalized spacial score (nSPS) is 14.9. The molecule has 1 amide bonds. The van der Waals surface area contributed by atoms with Crippen LogP contribution >= 0.6 is 12.4 Å². The number of rotatable bonds is 8. The Balaban J connectivity index is 0.00000392. The highest BCUT2D eigenvalue weighted by molar-refractivity contribution is 7.92. The second-order valence-corrected chi connectivity index (χ2v) is 8.43. The number of amides is 1. The number of nitrogens with zero attached hydrogens (tertiary/aromatic N) is 1. The van der Waals surface area contributed by atoms with Crippen molar-refractivity contribution in [2.75, 3.05) is 51.4 Å². The molecule has 8 nitrogen and oxygen atoms in total. The highest BCUT2D eigenvalue weighted by Gasteiger charge is 2.25. The molecule has 0 saturated carbocycles. The molecule has 160 valence electrons. The SMILES string of the molecule is CCNCC1CCN(C(=O)c2cc(NS(C)(=O)=O)c(OC)c(OC)c2)CC1.Cl. The third-order valence-electron chi connectivity index (χ3n) is 4.61. The van der Waals surface area contributed by atoms with E-state index < -0.39 is 10.0 Å². The maximum Gasteiger partial charge on any atom is 0.254 e. The van der Waals surface area contributed by atoms with Crippen LogP contribution in [0.1, 0.15) is 30.1 Å². The largest absolute Gasteiger partial charge is 0.493 e. The summed E-state index contributed by atoms with van der Waals surface area (Å²) >= 11 is 0. The van der Waals surface area contributed by atoms with Gasteiger partial charge in [-0.3, -0.25) is 9.52 Å². The smallest absolute Gasteiger partial charge is 0.254 e. The Kier molecular flexibility index (Phi) is 9.32. The van der Waals surface area contributed by atoms with Crippen molar-refractivity contribution in [2.45, 2.75) is 19.8 Å². The van der Waals surface area contributed by atoms with Crippen LogP contribution in [0.25, 0.3) is 0 Å². The molecule has 1 aromatic rings. The average Bonchev–Trinajstić information content (AvgIpc) is 2.64. The van der Waals surface area contributed by atoms with Gasteiger partial charge in [-0.05, 0) is 44.0 Å². The zero-order chi connectivity index (χ0) is 20.0. The number of anilines is 1. The van der Waals surface area contributed by atoms with Crippen molar-refractivity contribution in [3.8, 4) is 11.5 Å². The first kappa shape index (κ1) is 24.3. The van der Waals surface area contributed by atoms with Gasteiger partial charge in [0, 0.05) is 18.7 Å². The van der Waals surface area contributed by atoms with Gasteiger partial charge in [0.1, 0.15) is 0 Å². The van der Waals surface area contributed by atoms with Gasteiger partial charge in [-0.25, -0.2) is 8.42 Å². The first-order valence-corrected chi connectivity index (χ1v) is 10.9. The lowest BCUT2D eigenvalue weighted by atomic mass is 9.96. The lowest BCUT2D eigenvalue weighted by molar-refractivity contribution is 0.0690. The molecule has 1 heterocycles. The molecule has 10 heteroatoms. The molecule has 0 spiro atoms. The standard InChI is InChI=1S/C18H29N3O5S.ClH/c1-5-19-12-13-6-8-21(9-7-13)18(22)14-10-15(20-27(4,23)24)17(26-3)16(11-14)25-2;/h10-11,13,19-20H,5-9,12H2,1-4H3;1H. The molecular formula is C18H30ClN3O5S. The fraction of sp³-hybridized carbons (Fsp3) is 0.611. The Morgan fingerprint density at radius 1 is 1.21 bits per heavy atom. The quantitative estimate of drug-likeness (QED) is 0.647. The van der Waals surface area contributed by atoms with Gasteiger partial charge in [0.15, 0.2) is 11.5 Å². The fourth-order valence-corrected chi connectivity index (χ4v) is 3.79. The van der Waals surface area contributed by atoms with Crippen molar-refractivity contribution in [1.82, 2.24) is 10.2 Å². The molecule has 2 N–H and O–H groups in total. The van der Waals surface area contributed by atoms with E-state index in [1.165, 1.54) is 20.3 Å². The lowest BCUT2D eigenvalue weighted by Crippen LogP contribution is -2.40. The van der Waals surface area contributed by atoms with Crippen molar-refractivity contribution in [3.63, 3.8) is 0 Å². The summed E-state index contributed by atoms with van der Waals surface area (Å²) in [5, 5.41) is 3.35. The molecular weight excluding hydrogens is 406 g/mol. The number of methoxy groups -OCH3 is 2. The summed E-state index contributed by atoms with van der Waals surface area (Å²) in [5.41, 5.74) is 0.550. The number of benzene rings is 1. The Hall–Kier alpha value is -1.71. The van der Waals surface area contributed by atoms with Gasteiger partial charge >= 0.3 is 0 Å². The maximum absolute atomic E-state index is 12.9. The number of nitrogens with one attached hydrogen (secondary N) is 2. The van der Waals surface area contributed by atoms with Gasteiger partial charge in [-0.1, -0.05) is 6.92 Å². The molecule has 0 aromatic heterocycles. The number of hydrogen-bond acceptors (Lipinski definition) is 6. The zero-order valence-electron chi connectivity index (χ0n) is 16.8. The molecule has 28 heavy (non-hydrogen) atoms. The Bertz CT molecular complexity index is 765. The van der Waals surface area contributed by atoms with Crippen molar-refractivity contribution < 1.29 is 22.7 Å². The molecule has 0 radical (unpaired) electrons. The third kappa shape index (κ3) is 6.42. The van der Waals surface area contributed by atoms with Crippen LogP contribution in [0.3, 0.4) is 0 Å². The van der Waals surface area contributed by atoms with E-state index in [2.05, 4.69) is 17.0 Å². The van der Waals surface area contributed by atoms with Gasteiger partial charge in [0.05, 0.1) is 26.2 Å². The second-order valence-electron chi connectivity index (χ2n) is 6.68. The minimum Gasteiger partial charge on any atom is -0.493 e. The van der Waals surface area contributed by atoms with E-state index in [4.69, 9.17) is 9.47 Å². The van der Waals surface area contributed by atoms with E-state index in [-0.39, 0.29) is 29.8 Å². The minimum atomic E-state index is -3.54. The minimum absolute atomic E-state index is 0. The zero-order valence-corrected chi connectivity index (χ0v) is 18.4. The predicted molar refractivity (Wildman–Crippen MR) is 112 cm³/mol. The van der Waals surface area contributed by atoms with Crippen molar-refractivity contribution >= 4 is 34.0 Å². The number of carbonyl (C=O) groups excluding carboxylic acids is 1.